The molecule has 0 aliphatic carbocycles. The van der Waals surface area contributed by atoms with Gasteiger partial charge in [-0.3, -0.25) is 0 Å². The maximum atomic E-state index is 6.86. The number of hydrogen-bond donors (Lipinski definition) is 0. The summed E-state index contributed by atoms with van der Waals surface area (Å²) in [6.07, 6.45) is 0. The lowest BCUT2D eigenvalue weighted by Gasteiger charge is -2.25. The van der Waals surface area contributed by atoms with Gasteiger partial charge < -0.3 is 9.32 Å². The van der Waals surface area contributed by atoms with Gasteiger partial charge in [-0.2, -0.15) is 0 Å². The number of para-hydroxylation sites is 3. The molecule has 0 fully saturated rings. The quantitative estimate of drug-likeness (QED) is 0.188. The normalized spacial score (nSPS) is 11.6. The molecule has 0 saturated heterocycles. The second kappa shape index (κ2) is 11.4. The van der Waals surface area contributed by atoms with E-state index in [1.807, 2.05) is 18.2 Å². The Morgan fingerprint density at radius 1 is 0.440 bits per heavy atom. The summed E-state index contributed by atoms with van der Waals surface area (Å²) in [6.45, 7) is 0. The van der Waals surface area contributed by atoms with E-state index in [0.29, 0.717) is 5.82 Å². The van der Waals surface area contributed by atoms with Crippen LogP contribution in [0.4, 0.5) is 17.1 Å². The largest absolute Gasteiger partial charge is 0.455 e. The fourth-order valence-electron chi connectivity index (χ4n) is 7.27. The standard InChI is InChI=1S/C46H29N3O/c1-3-16-34(17-4-1)49(35-18-5-2-6-19-35)36-25-26-39-42(29-36)50-45-37-20-10-9-15-32(37)28-40(43(39)45)46-47-41-22-12-11-21-38(41)44(48-46)33-24-23-30-13-7-8-14-31(30)27-33/h1-29H. The van der Waals surface area contributed by atoms with Gasteiger partial charge in [0.05, 0.1) is 11.2 Å². The highest BCUT2D eigenvalue weighted by atomic mass is 16.3. The Morgan fingerprint density at radius 2 is 1.10 bits per heavy atom. The smallest absolute Gasteiger partial charge is 0.161 e. The van der Waals surface area contributed by atoms with E-state index in [0.717, 1.165) is 77.5 Å². The Hall–Kier alpha value is -6.78. The molecule has 4 heteroatoms. The molecule has 4 nitrogen and oxygen atoms in total. The minimum Gasteiger partial charge on any atom is -0.455 e. The van der Waals surface area contributed by atoms with Crippen molar-refractivity contribution >= 4 is 71.4 Å². The number of hydrogen-bond acceptors (Lipinski definition) is 4. The average Bonchev–Trinajstić information content (AvgIpc) is 3.57. The Labute approximate surface area is 288 Å². The van der Waals surface area contributed by atoms with Crippen LogP contribution in [0.5, 0.6) is 0 Å². The van der Waals surface area contributed by atoms with Gasteiger partial charge in [0, 0.05) is 55.8 Å². The lowest BCUT2D eigenvalue weighted by atomic mass is 9.98. The Bertz CT molecular complexity index is 2840. The van der Waals surface area contributed by atoms with E-state index in [4.69, 9.17) is 14.4 Å². The van der Waals surface area contributed by atoms with Crippen molar-refractivity contribution < 1.29 is 4.42 Å². The van der Waals surface area contributed by atoms with Gasteiger partial charge in [0.1, 0.15) is 11.2 Å². The van der Waals surface area contributed by atoms with E-state index < -0.39 is 0 Å². The van der Waals surface area contributed by atoms with Gasteiger partial charge in [-0.1, -0.05) is 115 Å². The summed E-state index contributed by atoms with van der Waals surface area (Å²) in [4.78, 5) is 12.8. The first-order valence-electron chi connectivity index (χ1n) is 16.8. The first-order chi connectivity index (χ1) is 24.8. The molecule has 0 aliphatic heterocycles. The molecule has 0 aliphatic rings. The fraction of sp³-hybridized carbons (Fsp3) is 0. The van der Waals surface area contributed by atoms with Crippen LogP contribution in [0, 0.1) is 0 Å². The Kier molecular flexibility index (Phi) is 6.46. The number of benzene rings is 8. The summed E-state index contributed by atoms with van der Waals surface area (Å²) in [5.41, 5.74) is 8.62. The molecule has 2 aromatic heterocycles. The molecule has 0 N–H and O–H groups in total. The zero-order chi connectivity index (χ0) is 33.0. The van der Waals surface area contributed by atoms with Gasteiger partial charge in [-0.25, -0.2) is 9.97 Å². The Morgan fingerprint density at radius 3 is 1.88 bits per heavy atom. The zero-order valence-corrected chi connectivity index (χ0v) is 27.0. The van der Waals surface area contributed by atoms with Crippen molar-refractivity contribution in [2.75, 3.05) is 4.90 Å². The van der Waals surface area contributed by atoms with Crippen molar-refractivity contribution in [1.29, 1.82) is 0 Å². The van der Waals surface area contributed by atoms with Crippen LogP contribution in [0.2, 0.25) is 0 Å². The van der Waals surface area contributed by atoms with Crippen molar-refractivity contribution in [3.8, 4) is 22.6 Å². The maximum absolute atomic E-state index is 6.86. The highest BCUT2D eigenvalue weighted by molar-refractivity contribution is 6.21. The van der Waals surface area contributed by atoms with Crippen molar-refractivity contribution in [3.05, 3.63) is 176 Å². The third-order valence-electron chi connectivity index (χ3n) is 9.60. The first-order valence-corrected chi connectivity index (χ1v) is 16.8. The molecule has 50 heavy (non-hydrogen) atoms. The van der Waals surface area contributed by atoms with E-state index in [9.17, 15) is 0 Å². The summed E-state index contributed by atoms with van der Waals surface area (Å²) in [7, 11) is 0. The third kappa shape index (κ3) is 4.61. The van der Waals surface area contributed by atoms with E-state index >= 15 is 0 Å². The molecule has 0 saturated carbocycles. The molecular weight excluding hydrogens is 611 g/mol. The zero-order valence-electron chi connectivity index (χ0n) is 27.0. The molecule has 10 rings (SSSR count). The van der Waals surface area contributed by atoms with Gasteiger partial charge in [-0.15, -0.1) is 0 Å². The second-order valence-corrected chi connectivity index (χ2v) is 12.6. The maximum Gasteiger partial charge on any atom is 0.161 e. The number of anilines is 3. The van der Waals surface area contributed by atoms with Crippen LogP contribution in [0.25, 0.3) is 77.0 Å². The number of aromatic nitrogens is 2. The van der Waals surface area contributed by atoms with Crippen LogP contribution < -0.4 is 4.90 Å². The first kappa shape index (κ1) is 28.3. The molecule has 0 unspecified atom stereocenters. The van der Waals surface area contributed by atoms with Crippen LogP contribution in [0.3, 0.4) is 0 Å². The predicted molar refractivity (Wildman–Crippen MR) is 207 cm³/mol. The van der Waals surface area contributed by atoms with Crippen LogP contribution in [0.1, 0.15) is 0 Å². The Balaban J connectivity index is 1.23. The molecule has 0 bridgehead atoms. The second-order valence-electron chi connectivity index (χ2n) is 12.6. The van der Waals surface area contributed by atoms with Crippen LogP contribution >= 0.6 is 0 Å². The van der Waals surface area contributed by atoms with Crippen molar-refractivity contribution in [2.24, 2.45) is 0 Å². The van der Waals surface area contributed by atoms with Crippen LogP contribution in [0.15, 0.2) is 180 Å². The monoisotopic (exact) mass is 639 g/mol. The van der Waals surface area contributed by atoms with Gasteiger partial charge in [0.15, 0.2) is 5.82 Å². The van der Waals surface area contributed by atoms with Crippen LogP contribution in [-0.2, 0) is 0 Å². The molecule has 0 radical (unpaired) electrons. The lowest BCUT2D eigenvalue weighted by molar-refractivity contribution is 0.673. The van der Waals surface area contributed by atoms with Crippen molar-refractivity contribution in [2.45, 2.75) is 0 Å². The molecular formula is C46H29N3O. The molecule has 0 atom stereocenters. The molecule has 10 aromatic rings. The molecule has 0 spiro atoms. The van der Waals surface area contributed by atoms with E-state index in [-0.39, 0.29) is 0 Å². The van der Waals surface area contributed by atoms with Crippen LogP contribution in [-0.4, -0.2) is 9.97 Å². The number of rotatable bonds is 5. The molecule has 0 amide bonds. The average molecular weight is 640 g/mol. The van der Waals surface area contributed by atoms with E-state index in [2.05, 4.69) is 163 Å². The van der Waals surface area contributed by atoms with Gasteiger partial charge >= 0.3 is 0 Å². The summed E-state index contributed by atoms with van der Waals surface area (Å²) < 4.78 is 6.86. The van der Waals surface area contributed by atoms with Gasteiger partial charge in [0.2, 0.25) is 0 Å². The van der Waals surface area contributed by atoms with Crippen molar-refractivity contribution in [3.63, 3.8) is 0 Å². The van der Waals surface area contributed by atoms with Gasteiger partial charge in [0.25, 0.3) is 0 Å². The van der Waals surface area contributed by atoms with Crippen molar-refractivity contribution in [1.82, 2.24) is 9.97 Å². The van der Waals surface area contributed by atoms with Gasteiger partial charge in [-0.05, 0) is 70.8 Å². The summed E-state index contributed by atoms with van der Waals surface area (Å²) in [5.74, 6) is 0.671. The molecule has 8 aromatic carbocycles. The predicted octanol–water partition coefficient (Wildman–Crippen LogP) is 12.6. The topological polar surface area (TPSA) is 42.2 Å². The number of furan rings is 1. The number of fused-ring (bicyclic) bond motifs is 7. The summed E-state index contributed by atoms with van der Waals surface area (Å²) in [5, 5.41) is 7.57. The summed E-state index contributed by atoms with van der Waals surface area (Å²) >= 11 is 0. The minimum absolute atomic E-state index is 0.671. The fourth-order valence-corrected chi connectivity index (χ4v) is 7.27. The van der Waals surface area contributed by atoms with E-state index in [1.54, 1.807) is 0 Å². The molecule has 234 valence electrons. The summed E-state index contributed by atoms with van der Waals surface area (Å²) in [6, 6.07) is 61.3. The highest BCUT2D eigenvalue weighted by Gasteiger charge is 2.21. The highest BCUT2D eigenvalue weighted by Crippen LogP contribution is 2.44. The minimum atomic E-state index is 0.671. The molecule has 2 heterocycles. The number of nitrogens with zero attached hydrogens (tertiary/aromatic N) is 3. The van der Waals surface area contributed by atoms with E-state index in [1.165, 1.54) is 10.8 Å². The lowest BCUT2D eigenvalue weighted by Crippen LogP contribution is -2.09. The third-order valence-corrected chi connectivity index (χ3v) is 9.60. The SMILES string of the molecule is c1ccc(N(c2ccccc2)c2ccc3c(c2)oc2c4ccccc4cc(-c4nc(-c5ccc6ccccc6c5)c5ccccc5n4)c32)cc1.